The third-order valence-electron chi connectivity index (χ3n) is 4.85. The van der Waals surface area contributed by atoms with Crippen molar-refractivity contribution in [3.05, 3.63) is 36.4 Å². The summed E-state index contributed by atoms with van der Waals surface area (Å²) in [6.07, 6.45) is 4.89. The Kier molecular flexibility index (Phi) is 5.84. The summed E-state index contributed by atoms with van der Waals surface area (Å²) in [6, 6.07) is 3.81. The largest absolute Gasteiger partial charge is 0.484 e. The molecule has 9 heteroatoms. The van der Waals surface area contributed by atoms with Crippen LogP contribution in [0, 0.1) is 6.92 Å². The van der Waals surface area contributed by atoms with Crippen molar-refractivity contribution in [2.75, 3.05) is 32.1 Å². The minimum absolute atomic E-state index is 0.0757. The highest BCUT2D eigenvalue weighted by Gasteiger charge is 2.39. The van der Waals surface area contributed by atoms with Crippen LogP contribution in [-0.2, 0) is 21.3 Å². The van der Waals surface area contributed by atoms with Gasteiger partial charge in [-0.3, -0.25) is 9.78 Å². The second-order valence-corrected chi connectivity index (χ2v) is 7.97. The molecule has 0 bridgehead atoms. The minimum Gasteiger partial charge on any atom is -0.484 e. The normalized spacial score (nSPS) is 22.7. The molecule has 2 fully saturated rings. The van der Waals surface area contributed by atoms with Crippen LogP contribution in [0.5, 0.6) is 5.75 Å². The van der Waals surface area contributed by atoms with Gasteiger partial charge in [0.2, 0.25) is 5.91 Å². The van der Waals surface area contributed by atoms with Gasteiger partial charge in [-0.15, -0.1) is 0 Å². The molecular weight excluding hydrogens is 380 g/mol. The predicted molar refractivity (Wildman–Crippen MR) is 103 cm³/mol. The summed E-state index contributed by atoms with van der Waals surface area (Å²) in [4.78, 5) is 22.8. The fourth-order valence-corrected chi connectivity index (χ4v) is 4.11. The second kappa shape index (κ2) is 8.50. The van der Waals surface area contributed by atoms with Crippen LogP contribution < -0.4 is 4.74 Å². The number of imidazole rings is 1. The highest BCUT2D eigenvalue weighted by atomic mass is 32.2. The van der Waals surface area contributed by atoms with Gasteiger partial charge in [0.05, 0.1) is 25.2 Å². The van der Waals surface area contributed by atoms with Crippen molar-refractivity contribution in [1.82, 2.24) is 19.4 Å². The Labute approximate surface area is 168 Å². The van der Waals surface area contributed by atoms with Crippen molar-refractivity contribution in [2.24, 2.45) is 7.05 Å². The number of likely N-dealkylation sites (tertiary alicyclic amines) is 1. The molecule has 0 aromatic carbocycles. The SMILES string of the molecule is Cc1ccc(OC2CO[C@H]3CN(C(=O)CSc4nccn4C)C[C@@H]3OC2)cn1. The lowest BCUT2D eigenvalue weighted by atomic mass is 10.3. The van der Waals surface area contributed by atoms with Crippen LogP contribution in [0.15, 0.2) is 35.9 Å². The van der Waals surface area contributed by atoms with E-state index in [2.05, 4.69) is 9.97 Å². The first-order chi connectivity index (χ1) is 13.6. The number of pyridine rings is 1. The highest BCUT2D eigenvalue weighted by Crippen LogP contribution is 2.23. The first kappa shape index (κ1) is 19.2. The van der Waals surface area contributed by atoms with Gasteiger partial charge in [-0.1, -0.05) is 11.8 Å². The summed E-state index contributed by atoms with van der Waals surface area (Å²) in [5, 5.41) is 0.833. The van der Waals surface area contributed by atoms with E-state index in [0.29, 0.717) is 37.8 Å². The molecule has 150 valence electrons. The molecule has 0 radical (unpaired) electrons. The number of fused-ring (bicyclic) bond motifs is 1. The van der Waals surface area contributed by atoms with Gasteiger partial charge in [-0.25, -0.2) is 4.98 Å². The number of ether oxygens (including phenoxy) is 3. The summed E-state index contributed by atoms with van der Waals surface area (Å²) in [6.45, 7) is 3.88. The molecule has 2 atom stereocenters. The van der Waals surface area contributed by atoms with E-state index < -0.39 is 0 Å². The molecule has 4 heterocycles. The van der Waals surface area contributed by atoms with Crippen LogP contribution in [-0.4, -0.2) is 75.7 Å². The van der Waals surface area contributed by atoms with Gasteiger partial charge >= 0.3 is 0 Å². The highest BCUT2D eigenvalue weighted by molar-refractivity contribution is 7.99. The maximum absolute atomic E-state index is 12.5. The van der Waals surface area contributed by atoms with E-state index in [1.54, 1.807) is 12.4 Å². The molecule has 0 aliphatic carbocycles. The lowest BCUT2D eigenvalue weighted by Gasteiger charge is -2.19. The van der Waals surface area contributed by atoms with Crippen molar-refractivity contribution in [3.63, 3.8) is 0 Å². The number of nitrogens with zero attached hydrogens (tertiary/aromatic N) is 4. The number of carbonyl (C=O) groups is 1. The molecule has 0 unspecified atom stereocenters. The van der Waals surface area contributed by atoms with E-state index in [1.165, 1.54) is 11.8 Å². The van der Waals surface area contributed by atoms with Gasteiger partial charge in [0.25, 0.3) is 0 Å². The van der Waals surface area contributed by atoms with Gasteiger partial charge in [0, 0.05) is 38.2 Å². The minimum atomic E-state index is -0.182. The third kappa shape index (κ3) is 4.48. The van der Waals surface area contributed by atoms with Gasteiger partial charge in [-0.2, -0.15) is 0 Å². The molecule has 2 saturated heterocycles. The number of amides is 1. The molecule has 1 amide bonds. The van der Waals surface area contributed by atoms with E-state index >= 15 is 0 Å². The lowest BCUT2D eigenvalue weighted by molar-refractivity contribution is -0.128. The third-order valence-corrected chi connectivity index (χ3v) is 5.89. The zero-order valence-corrected chi connectivity index (χ0v) is 16.8. The summed E-state index contributed by atoms with van der Waals surface area (Å²) in [5.74, 6) is 1.14. The van der Waals surface area contributed by atoms with Crippen molar-refractivity contribution < 1.29 is 19.0 Å². The Balaban J connectivity index is 1.26. The van der Waals surface area contributed by atoms with Crippen LogP contribution in [0.2, 0.25) is 0 Å². The van der Waals surface area contributed by atoms with E-state index in [4.69, 9.17) is 14.2 Å². The number of hydrogen-bond donors (Lipinski definition) is 0. The molecule has 2 aliphatic heterocycles. The maximum atomic E-state index is 12.5. The monoisotopic (exact) mass is 404 g/mol. The number of rotatable bonds is 5. The Morgan fingerprint density at radius 1 is 1.25 bits per heavy atom. The van der Waals surface area contributed by atoms with E-state index in [0.717, 1.165) is 10.9 Å². The molecule has 2 aromatic heterocycles. The van der Waals surface area contributed by atoms with Crippen molar-refractivity contribution in [1.29, 1.82) is 0 Å². The Morgan fingerprint density at radius 2 is 2.00 bits per heavy atom. The van der Waals surface area contributed by atoms with Crippen LogP contribution in [0.3, 0.4) is 0 Å². The van der Waals surface area contributed by atoms with E-state index in [-0.39, 0.29) is 24.2 Å². The van der Waals surface area contributed by atoms with Crippen molar-refractivity contribution in [3.8, 4) is 5.75 Å². The van der Waals surface area contributed by atoms with Gasteiger partial charge < -0.3 is 23.7 Å². The number of aromatic nitrogens is 3. The number of hydrogen-bond acceptors (Lipinski definition) is 7. The topological polar surface area (TPSA) is 78.7 Å². The van der Waals surface area contributed by atoms with Crippen LogP contribution in [0.25, 0.3) is 0 Å². The molecule has 28 heavy (non-hydrogen) atoms. The van der Waals surface area contributed by atoms with Crippen LogP contribution >= 0.6 is 11.8 Å². The zero-order valence-electron chi connectivity index (χ0n) is 16.0. The van der Waals surface area contributed by atoms with Crippen molar-refractivity contribution in [2.45, 2.75) is 30.4 Å². The lowest BCUT2D eigenvalue weighted by Crippen LogP contribution is -2.33. The second-order valence-electron chi connectivity index (χ2n) is 7.03. The Bertz CT molecular complexity index is 797. The van der Waals surface area contributed by atoms with Crippen LogP contribution in [0.1, 0.15) is 5.69 Å². The van der Waals surface area contributed by atoms with E-state index in [9.17, 15) is 4.79 Å². The number of aryl methyl sites for hydroxylation is 2. The Hall–Kier alpha value is -2.10. The molecule has 2 aromatic rings. The number of carbonyl (C=O) groups excluding carboxylic acids is 1. The number of thioether (sulfide) groups is 1. The predicted octanol–water partition coefficient (Wildman–Crippen LogP) is 1.29. The average molecular weight is 404 g/mol. The fourth-order valence-electron chi connectivity index (χ4n) is 3.27. The zero-order chi connectivity index (χ0) is 19.5. The standard InChI is InChI=1S/C19H24N4O4S/c1-13-3-4-14(7-21-13)27-15-10-25-16-8-23(9-17(16)26-11-15)18(24)12-28-19-20-5-6-22(19)2/h3-7,15-17H,8-12H2,1-2H3/t16-,17-/m0/s1. The van der Waals surface area contributed by atoms with E-state index in [1.807, 2.05) is 41.8 Å². The molecule has 2 aliphatic rings. The Morgan fingerprint density at radius 3 is 2.61 bits per heavy atom. The molecule has 0 spiro atoms. The summed E-state index contributed by atoms with van der Waals surface area (Å²) in [5.41, 5.74) is 0.945. The fraction of sp³-hybridized carbons (Fsp3) is 0.526. The molecular formula is C19H24N4O4S. The van der Waals surface area contributed by atoms with Crippen molar-refractivity contribution >= 4 is 17.7 Å². The molecule has 0 saturated carbocycles. The molecule has 0 N–H and O–H groups in total. The quantitative estimate of drug-likeness (QED) is 0.695. The van der Waals surface area contributed by atoms with Gasteiger partial charge in [0.15, 0.2) is 5.16 Å². The summed E-state index contributed by atoms with van der Waals surface area (Å²) >= 11 is 1.44. The summed E-state index contributed by atoms with van der Waals surface area (Å²) in [7, 11) is 1.92. The molecule has 8 nitrogen and oxygen atoms in total. The summed E-state index contributed by atoms with van der Waals surface area (Å²) < 4.78 is 19.8. The maximum Gasteiger partial charge on any atom is 0.233 e. The van der Waals surface area contributed by atoms with Gasteiger partial charge in [-0.05, 0) is 19.1 Å². The first-order valence-corrected chi connectivity index (χ1v) is 10.3. The smallest absolute Gasteiger partial charge is 0.233 e. The molecule has 4 rings (SSSR count). The van der Waals surface area contributed by atoms with Crippen LogP contribution in [0.4, 0.5) is 0 Å². The average Bonchev–Trinajstić information content (AvgIpc) is 3.25. The van der Waals surface area contributed by atoms with Gasteiger partial charge in [0.1, 0.15) is 24.1 Å². The first-order valence-electron chi connectivity index (χ1n) is 9.29.